The zero-order valence-corrected chi connectivity index (χ0v) is 18.4. The van der Waals surface area contributed by atoms with Crippen LogP contribution in [0.25, 0.3) is 0 Å². The summed E-state index contributed by atoms with van der Waals surface area (Å²) in [5.41, 5.74) is 2.11. The van der Waals surface area contributed by atoms with Crippen LogP contribution < -0.4 is 9.47 Å². The fourth-order valence-corrected chi connectivity index (χ4v) is 5.02. The minimum atomic E-state index is -0.220. The lowest BCUT2D eigenvalue weighted by Crippen LogP contribution is -2.56. The summed E-state index contributed by atoms with van der Waals surface area (Å²) in [6.45, 7) is 3.43. The molecule has 2 aromatic rings. The van der Waals surface area contributed by atoms with E-state index in [1.807, 2.05) is 12.1 Å². The number of halogens is 1. The van der Waals surface area contributed by atoms with Crippen LogP contribution in [0, 0.1) is 11.7 Å². The van der Waals surface area contributed by atoms with Gasteiger partial charge in [-0.05, 0) is 60.6 Å². The van der Waals surface area contributed by atoms with Gasteiger partial charge in [0, 0.05) is 44.7 Å². The summed E-state index contributed by atoms with van der Waals surface area (Å²) >= 11 is 0. The van der Waals surface area contributed by atoms with E-state index < -0.39 is 0 Å². The van der Waals surface area contributed by atoms with Gasteiger partial charge in [-0.1, -0.05) is 12.1 Å². The average Bonchev–Trinajstić information content (AvgIpc) is 2.78. The second-order valence-electron chi connectivity index (χ2n) is 8.58. The Balaban J connectivity index is 1.39. The highest BCUT2D eigenvalue weighted by Crippen LogP contribution is 2.33. The van der Waals surface area contributed by atoms with E-state index in [1.165, 1.54) is 11.6 Å². The van der Waals surface area contributed by atoms with Crippen molar-refractivity contribution in [2.24, 2.45) is 5.92 Å². The largest absolute Gasteiger partial charge is 0.497 e. The highest BCUT2D eigenvalue weighted by molar-refractivity contribution is 5.77. The Morgan fingerprint density at radius 1 is 1.03 bits per heavy atom. The normalized spacial score (nSPS) is 21.6. The van der Waals surface area contributed by atoms with Gasteiger partial charge in [-0.25, -0.2) is 4.39 Å². The molecule has 4 rings (SSSR count). The van der Waals surface area contributed by atoms with Crippen LogP contribution in [0.5, 0.6) is 11.5 Å². The first-order valence-corrected chi connectivity index (χ1v) is 11.0. The molecular weight excluding hydrogens is 395 g/mol. The molecule has 5 nitrogen and oxygen atoms in total. The van der Waals surface area contributed by atoms with Gasteiger partial charge in [-0.3, -0.25) is 9.69 Å². The number of hydrogen-bond acceptors (Lipinski definition) is 4. The van der Waals surface area contributed by atoms with Crippen molar-refractivity contribution in [2.75, 3.05) is 33.9 Å². The fourth-order valence-electron chi connectivity index (χ4n) is 5.02. The molecule has 2 aliphatic rings. The second kappa shape index (κ2) is 9.69. The number of rotatable bonds is 7. The van der Waals surface area contributed by atoms with Crippen LogP contribution in [0.15, 0.2) is 42.5 Å². The van der Waals surface area contributed by atoms with E-state index in [0.29, 0.717) is 25.3 Å². The first-order valence-electron chi connectivity index (χ1n) is 11.0. The van der Waals surface area contributed by atoms with Crippen molar-refractivity contribution in [1.82, 2.24) is 9.80 Å². The molecule has 0 unspecified atom stereocenters. The number of benzene rings is 2. The number of amides is 1. The summed E-state index contributed by atoms with van der Waals surface area (Å²) in [6.07, 6.45) is 3.21. The number of nitrogens with zero attached hydrogens (tertiary/aromatic N) is 2. The lowest BCUT2D eigenvalue weighted by Gasteiger charge is -2.47. The maximum atomic E-state index is 13.5. The molecule has 2 aliphatic heterocycles. The SMILES string of the molecule is COc1cc(CN2CC[C@H]3[C@H](CCC(=O)N3CCc3cccc(F)c3)C2)cc(OC)c1. The molecule has 2 aromatic carbocycles. The average molecular weight is 427 g/mol. The molecule has 0 saturated carbocycles. The third-order valence-electron chi connectivity index (χ3n) is 6.58. The monoisotopic (exact) mass is 426 g/mol. The molecule has 2 fully saturated rings. The van der Waals surface area contributed by atoms with E-state index in [2.05, 4.69) is 21.9 Å². The van der Waals surface area contributed by atoms with Crippen LogP contribution in [0.2, 0.25) is 0 Å². The topological polar surface area (TPSA) is 42.0 Å². The van der Waals surface area contributed by atoms with E-state index in [4.69, 9.17) is 9.47 Å². The lowest BCUT2D eigenvalue weighted by atomic mass is 9.83. The van der Waals surface area contributed by atoms with Crippen molar-refractivity contribution in [1.29, 1.82) is 0 Å². The summed E-state index contributed by atoms with van der Waals surface area (Å²) in [5.74, 6) is 2.10. The predicted octanol–water partition coefficient (Wildman–Crippen LogP) is 3.90. The van der Waals surface area contributed by atoms with Crippen LogP contribution in [0.4, 0.5) is 4.39 Å². The Morgan fingerprint density at radius 3 is 2.52 bits per heavy atom. The molecule has 2 atom stereocenters. The molecule has 0 bridgehead atoms. The van der Waals surface area contributed by atoms with Gasteiger partial charge in [0.25, 0.3) is 0 Å². The summed E-state index contributed by atoms with van der Waals surface area (Å²) in [4.78, 5) is 17.2. The summed E-state index contributed by atoms with van der Waals surface area (Å²) in [7, 11) is 3.34. The Labute approximate surface area is 183 Å². The summed E-state index contributed by atoms with van der Waals surface area (Å²) < 4.78 is 24.3. The van der Waals surface area contributed by atoms with Crippen molar-refractivity contribution in [2.45, 2.75) is 38.3 Å². The first kappa shape index (κ1) is 21.6. The molecule has 166 valence electrons. The van der Waals surface area contributed by atoms with Crippen LogP contribution in [-0.2, 0) is 17.8 Å². The molecule has 31 heavy (non-hydrogen) atoms. The Morgan fingerprint density at radius 2 is 1.81 bits per heavy atom. The molecule has 0 spiro atoms. The number of likely N-dealkylation sites (tertiary alicyclic amines) is 2. The van der Waals surface area contributed by atoms with Crippen LogP contribution >= 0.6 is 0 Å². The Bertz CT molecular complexity index is 897. The van der Waals surface area contributed by atoms with Crippen molar-refractivity contribution in [3.05, 3.63) is 59.4 Å². The highest BCUT2D eigenvalue weighted by atomic mass is 19.1. The van der Waals surface area contributed by atoms with Gasteiger partial charge in [0.05, 0.1) is 14.2 Å². The van der Waals surface area contributed by atoms with Crippen molar-refractivity contribution in [3.8, 4) is 11.5 Å². The number of fused-ring (bicyclic) bond motifs is 1. The van der Waals surface area contributed by atoms with Crippen LogP contribution in [0.1, 0.15) is 30.4 Å². The van der Waals surface area contributed by atoms with Crippen molar-refractivity contribution < 1.29 is 18.7 Å². The Hall–Kier alpha value is -2.60. The molecule has 2 heterocycles. The number of methoxy groups -OCH3 is 2. The number of hydrogen-bond donors (Lipinski definition) is 0. The smallest absolute Gasteiger partial charge is 0.222 e. The molecule has 0 radical (unpaired) electrons. The van der Waals surface area contributed by atoms with Gasteiger partial charge in [-0.2, -0.15) is 0 Å². The molecule has 1 amide bonds. The van der Waals surface area contributed by atoms with Gasteiger partial charge in [0.1, 0.15) is 17.3 Å². The number of piperidine rings is 2. The maximum Gasteiger partial charge on any atom is 0.222 e. The van der Waals surface area contributed by atoms with Crippen molar-refractivity contribution >= 4 is 5.91 Å². The zero-order chi connectivity index (χ0) is 21.8. The standard InChI is InChI=1S/C25H31FN2O3/c1-30-22-13-19(14-23(15-22)31-2)16-27-10-9-24-20(17-27)6-7-25(29)28(24)11-8-18-4-3-5-21(26)12-18/h3-5,12-15,20,24H,6-11,16-17H2,1-2H3/t20-,24+/m1/s1. The second-order valence-corrected chi connectivity index (χ2v) is 8.58. The molecule has 0 aliphatic carbocycles. The third kappa shape index (κ3) is 5.18. The molecule has 0 aromatic heterocycles. The fraction of sp³-hybridized carbons (Fsp3) is 0.480. The minimum Gasteiger partial charge on any atom is -0.497 e. The molecule has 0 N–H and O–H groups in total. The van der Waals surface area contributed by atoms with Gasteiger partial charge >= 0.3 is 0 Å². The van der Waals surface area contributed by atoms with E-state index in [9.17, 15) is 9.18 Å². The van der Waals surface area contributed by atoms with Crippen LogP contribution in [0.3, 0.4) is 0 Å². The van der Waals surface area contributed by atoms with Gasteiger partial charge < -0.3 is 14.4 Å². The lowest BCUT2D eigenvalue weighted by molar-refractivity contribution is -0.141. The maximum absolute atomic E-state index is 13.5. The summed E-state index contributed by atoms with van der Waals surface area (Å²) in [6, 6.07) is 13.0. The third-order valence-corrected chi connectivity index (χ3v) is 6.58. The van der Waals surface area contributed by atoms with Crippen molar-refractivity contribution in [3.63, 3.8) is 0 Å². The number of carbonyl (C=O) groups is 1. The van der Waals surface area contributed by atoms with E-state index in [1.54, 1.807) is 26.4 Å². The van der Waals surface area contributed by atoms with Gasteiger partial charge in [0.15, 0.2) is 0 Å². The van der Waals surface area contributed by atoms with E-state index in [0.717, 1.165) is 49.5 Å². The number of ether oxygens (including phenoxy) is 2. The molecule has 6 heteroatoms. The van der Waals surface area contributed by atoms with E-state index >= 15 is 0 Å². The van der Waals surface area contributed by atoms with E-state index in [-0.39, 0.29) is 17.8 Å². The zero-order valence-electron chi connectivity index (χ0n) is 18.4. The molecular formula is C25H31FN2O3. The van der Waals surface area contributed by atoms with Gasteiger partial charge in [0.2, 0.25) is 5.91 Å². The predicted molar refractivity (Wildman–Crippen MR) is 118 cm³/mol. The van der Waals surface area contributed by atoms with Crippen LogP contribution in [-0.4, -0.2) is 55.6 Å². The minimum absolute atomic E-state index is 0.220. The number of carbonyl (C=O) groups excluding carboxylic acids is 1. The first-order chi connectivity index (χ1) is 15.1. The Kier molecular flexibility index (Phi) is 6.76. The summed E-state index contributed by atoms with van der Waals surface area (Å²) in [5, 5.41) is 0. The van der Waals surface area contributed by atoms with Gasteiger partial charge in [-0.15, -0.1) is 0 Å². The molecule has 2 saturated heterocycles. The highest BCUT2D eigenvalue weighted by Gasteiger charge is 2.38. The quantitative estimate of drug-likeness (QED) is 0.674.